The summed E-state index contributed by atoms with van der Waals surface area (Å²) in [5.74, 6) is 2.09. The van der Waals surface area contributed by atoms with Crippen LogP contribution in [0.3, 0.4) is 0 Å². The quantitative estimate of drug-likeness (QED) is 0.752. The molecule has 0 radical (unpaired) electrons. The molecule has 0 unspecified atom stereocenters. The zero-order valence-electron chi connectivity index (χ0n) is 13.9. The lowest BCUT2D eigenvalue weighted by molar-refractivity contribution is 0.463. The third-order valence-corrected chi connectivity index (χ3v) is 3.77. The second kappa shape index (κ2) is 6.99. The highest BCUT2D eigenvalue weighted by Gasteiger charge is 2.16. The van der Waals surface area contributed by atoms with Gasteiger partial charge in [-0.2, -0.15) is 10.5 Å². The monoisotopic (exact) mass is 304 g/mol. The fraction of sp³-hybridized carbons (Fsp3) is 0.300. The summed E-state index contributed by atoms with van der Waals surface area (Å²) in [6, 6.07) is 15.2. The molecule has 3 nitrogen and oxygen atoms in total. The van der Waals surface area contributed by atoms with Crippen LogP contribution in [0.5, 0.6) is 11.5 Å². The van der Waals surface area contributed by atoms with Gasteiger partial charge in [-0.3, -0.25) is 0 Å². The Morgan fingerprint density at radius 2 is 1.39 bits per heavy atom. The molecule has 0 amide bonds. The first-order valence-corrected chi connectivity index (χ1v) is 7.72. The number of hydrogen-bond donors (Lipinski definition) is 0. The fourth-order valence-corrected chi connectivity index (χ4v) is 2.50. The Morgan fingerprint density at radius 1 is 0.826 bits per heavy atom. The second-order valence-electron chi connectivity index (χ2n) is 6.11. The molecule has 116 valence electrons. The van der Waals surface area contributed by atoms with E-state index in [4.69, 9.17) is 15.3 Å². The summed E-state index contributed by atoms with van der Waals surface area (Å²) in [6.45, 7) is 8.52. The minimum absolute atomic E-state index is 0.331. The molecular formula is C20H20N2O. The SMILES string of the molecule is CC(C)c1cccc(C(C)C)c1Oc1ccc(C#N)c(C#N)c1. The van der Waals surface area contributed by atoms with Crippen molar-refractivity contribution in [1.29, 1.82) is 10.5 Å². The van der Waals surface area contributed by atoms with Gasteiger partial charge in [0.1, 0.15) is 23.6 Å². The van der Waals surface area contributed by atoms with Crippen LogP contribution in [0.4, 0.5) is 0 Å². The standard InChI is InChI=1S/C20H20N2O/c1-13(2)18-6-5-7-19(14(3)4)20(18)23-17-9-8-15(11-21)16(10-17)12-22/h5-10,13-14H,1-4H3. The molecule has 0 spiro atoms. The number of rotatable bonds is 4. The number of ether oxygens (including phenoxy) is 1. The normalized spacial score (nSPS) is 10.4. The Balaban J connectivity index is 2.52. The number of hydrogen-bond acceptors (Lipinski definition) is 3. The number of nitriles is 2. The Bertz CT molecular complexity index is 766. The maximum Gasteiger partial charge on any atom is 0.134 e. The van der Waals surface area contributed by atoms with Crippen molar-refractivity contribution in [3.8, 4) is 23.6 Å². The van der Waals surface area contributed by atoms with Crippen LogP contribution in [-0.2, 0) is 0 Å². The van der Waals surface area contributed by atoms with Crippen molar-refractivity contribution >= 4 is 0 Å². The predicted molar refractivity (Wildman–Crippen MR) is 90.6 cm³/mol. The summed E-state index contributed by atoms with van der Waals surface area (Å²) in [5.41, 5.74) is 2.97. The van der Waals surface area contributed by atoms with Gasteiger partial charge in [-0.1, -0.05) is 45.9 Å². The summed E-state index contributed by atoms with van der Waals surface area (Å²) in [5, 5.41) is 18.2. The lowest BCUT2D eigenvalue weighted by Crippen LogP contribution is -2.00. The van der Waals surface area contributed by atoms with Crippen molar-refractivity contribution in [2.24, 2.45) is 0 Å². The molecule has 2 aromatic carbocycles. The van der Waals surface area contributed by atoms with Gasteiger partial charge in [-0.15, -0.1) is 0 Å². The lowest BCUT2D eigenvalue weighted by atomic mass is 9.94. The molecule has 0 saturated carbocycles. The zero-order chi connectivity index (χ0) is 17.0. The summed E-state index contributed by atoms with van der Waals surface area (Å²) < 4.78 is 6.14. The number of para-hydroxylation sites is 1. The van der Waals surface area contributed by atoms with Crippen LogP contribution in [0.1, 0.15) is 61.8 Å². The van der Waals surface area contributed by atoms with Gasteiger partial charge in [0.2, 0.25) is 0 Å². The minimum atomic E-state index is 0.331. The van der Waals surface area contributed by atoms with Gasteiger partial charge in [0.15, 0.2) is 0 Å². The van der Waals surface area contributed by atoms with Crippen molar-refractivity contribution in [2.45, 2.75) is 39.5 Å². The van der Waals surface area contributed by atoms with Gasteiger partial charge in [0.25, 0.3) is 0 Å². The van der Waals surface area contributed by atoms with E-state index >= 15 is 0 Å². The molecule has 2 aromatic rings. The highest BCUT2D eigenvalue weighted by atomic mass is 16.5. The van der Waals surface area contributed by atoms with Crippen LogP contribution in [0.25, 0.3) is 0 Å². The zero-order valence-corrected chi connectivity index (χ0v) is 13.9. The molecule has 0 fully saturated rings. The van der Waals surface area contributed by atoms with Gasteiger partial charge in [0, 0.05) is 0 Å². The molecule has 0 bridgehead atoms. The highest BCUT2D eigenvalue weighted by molar-refractivity contribution is 5.52. The molecule has 0 aliphatic rings. The van der Waals surface area contributed by atoms with Crippen LogP contribution < -0.4 is 4.74 Å². The van der Waals surface area contributed by atoms with E-state index in [1.807, 2.05) is 12.1 Å². The van der Waals surface area contributed by atoms with Crippen LogP contribution >= 0.6 is 0 Å². The number of benzene rings is 2. The van der Waals surface area contributed by atoms with Crippen molar-refractivity contribution < 1.29 is 4.74 Å². The topological polar surface area (TPSA) is 56.8 Å². The first-order chi connectivity index (χ1) is 11.0. The van der Waals surface area contributed by atoms with E-state index in [2.05, 4.69) is 45.9 Å². The Labute approximate surface area is 137 Å². The van der Waals surface area contributed by atoms with Gasteiger partial charge < -0.3 is 4.74 Å². The van der Waals surface area contributed by atoms with Crippen LogP contribution in [0.2, 0.25) is 0 Å². The van der Waals surface area contributed by atoms with Crippen LogP contribution in [-0.4, -0.2) is 0 Å². The molecule has 2 rings (SSSR count). The minimum Gasteiger partial charge on any atom is -0.457 e. The molecule has 0 aromatic heterocycles. The van der Waals surface area contributed by atoms with Gasteiger partial charge in [-0.05, 0) is 41.2 Å². The Morgan fingerprint density at radius 3 is 1.87 bits per heavy atom. The fourth-order valence-electron chi connectivity index (χ4n) is 2.50. The maximum absolute atomic E-state index is 9.17. The van der Waals surface area contributed by atoms with Crippen molar-refractivity contribution in [3.05, 3.63) is 58.7 Å². The van der Waals surface area contributed by atoms with E-state index in [1.54, 1.807) is 18.2 Å². The van der Waals surface area contributed by atoms with E-state index in [9.17, 15) is 0 Å². The molecule has 0 heterocycles. The predicted octanol–water partition coefficient (Wildman–Crippen LogP) is 5.47. The molecule has 0 aliphatic heterocycles. The lowest BCUT2D eigenvalue weighted by Gasteiger charge is -2.20. The molecule has 0 saturated heterocycles. The van der Waals surface area contributed by atoms with E-state index < -0.39 is 0 Å². The average Bonchev–Trinajstić information content (AvgIpc) is 2.54. The van der Waals surface area contributed by atoms with Crippen molar-refractivity contribution in [2.75, 3.05) is 0 Å². The maximum atomic E-state index is 9.17. The molecule has 0 aliphatic carbocycles. The molecule has 0 atom stereocenters. The van der Waals surface area contributed by atoms with Crippen LogP contribution in [0.15, 0.2) is 36.4 Å². The first kappa shape index (κ1) is 16.6. The summed E-state index contributed by atoms with van der Waals surface area (Å²) in [7, 11) is 0. The smallest absolute Gasteiger partial charge is 0.134 e. The van der Waals surface area contributed by atoms with Crippen LogP contribution in [0, 0.1) is 22.7 Å². The van der Waals surface area contributed by atoms with Crippen molar-refractivity contribution in [3.63, 3.8) is 0 Å². The van der Waals surface area contributed by atoms with Gasteiger partial charge in [-0.25, -0.2) is 0 Å². The van der Waals surface area contributed by atoms with E-state index in [1.165, 1.54) is 0 Å². The summed E-state index contributed by atoms with van der Waals surface area (Å²) >= 11 is 0. The van der Waals surface area contributed by atoms with Gasteiger partial charge >= 0.3 is 0 Å². The first-order valence-electron chi connectivity index (χ1n) is 7.72. The summed E-state index contributed by atoms with van der Waals surface area (Å²) in [4.78, 5) is 0. The molecular weight excluding hydrogens is 284 g/mol. The number of nitrogens with zero attached hydrogens (tertiary/aromatic N) is 2. The Hall–Kier alpha value is -2.78. The van der Waals surface area contributed by atoms with Gasteiger partial charge in [0.05, 0.1) is 11.1 Å². The molecule has 23 heavy (non-hydrogen) atoms. The van der Waals surface area contributed by atoms with E-state index in [-0.39, 0.29) is 0 Å². The largest absolute Gasteiger partial charge is 0.457 e. The molecule has 0 N–H and O–H groups in total. The van der Waals surface area contributed by atoms with Crippen molar-refractivity contribution in [1.82, 2.24) is 0 Å². The highest BCUT2D eigenvalue weighted by Crippen LogP contribution is 2.37. The third kappa shape index (κ3) is 3.52. The Kier molecular flexibility index (Phi) is 5.04. The van der Waals surface area contributed by atoms with E-state index in [0.29, 0.717) is 28.7 Å². The second-order valence-corrected chi connectivity index (χ2v) is 6.11. The molecule has 3 heteroatoms. The summed E-state index contributed by atoms with van der Waals surface area (Å²) in [6.07, 6.45) is 0. The van der Waals surface area contributed by atoms with E-state index in [0.717, 1.165) is 16.9 Å². The average molecular weight is 304 g/mol. The third-order valence-electron chi connectivity index (χ3n) is 3.77.